The summed E-state index contributed by atoms with van der Waals surface area (Å²) < 4.78 is 4.96. The number of anilines is 1. The number of rotatable bonds is 7. The molecule has 166 valence electrons. The van der Waals surface area contributed by atoms with Gasteiger partial charge in [0.2, 0.25) is 0 Å². The van der Waals surface area contributed by atoms with Crippen LogP contribution in [0.5, 0.6) is 5.75 Å². The van der Waals surface area contributed by atoms with Crippen molar-refractivity contribution in [1.82, 2.24) is 10.9 Å². The van der Waals surface area contributed by atoms with Gasteiger partial charge in [-0.2, -0.15) is 0 Å². The molecule has 32 heavy (non-hydrogen) atoms. The van der Waals surface area contributed by atoms with Gasteiger partial charge in [0.25, 0.3) is 11.8 Å². The summed E-state index contributed by atoms with van der Waals surface area (Å²) in [6.45, 7) is 5.19. The van der Waals surface area contributed by atoms with Gasteiger partial charge in [0.15, 0.2) is 6.61 Å². The van der Waals surface area contributed by atoms with Crippen molar-refractivity contribution in [1.29, 1.82) is 0 Å². The Morgan fingerprint density at radius 3 is 2.16 bits per heavy atom. The predicted molar refractivity (Wildman–Crippen MR) is 122 cm³/mol. The van der Waals surface area contributed by atoms with Crippen molar-refractivity contribution in [2.75, 3.05) is 24.6 Å². The Bertz CT molecular complexity index is 1120. The lowest BCUT2D eigenvalue weighted by Crippen LogP contribution is -2.43. The Kier molecular flexibility index (Phi) is 7.28. The van der Waals surface area contributed by atoms with Gasteiger partial charge in [0, 0.05) is 24.3 Å². The molecule has 0 unspecified atom stereocenters. The molecule has 0 saturated heterocycles. The third-order valence-corrected chi connectivity index (χ3v) is 4.99. The predicted octanol–water partition coefficient (Wildman–Crippen LogP) is 3.01. The van der Waals surface area contributed by atoms with E-state index in [9.17, 15) is 19.5 Å². The largest absolute Gasteiger partial charge is 0.507 e. The Hall–Kier alpha value is -4.07. The molecule has 0 radical (unpaired) electrons. The van der Waals surface area contributed by atoms with Gasteiger partial charge in [-0.15, -0.1) is 0 Å². The second kappa shape index (κ2) is 10.3. The lowest BCUT2D eigenvalue weighted by Gasteiger charge is -2.21. The summed E-state index contributed by atoms with van der Waals surface area (Å²) in [5, 5.41) is 11.6. The summed E-state index contributed by atoms with van der Waals surface area (Å²) in [4.78, 5) is 38.6. The highest BCUT2D eigenvalue weighted by atomic mass is 16.5. The van der Waals surface area contributed by atoms with E-state index in [0.717, 1.165) is 29.5 Å². The van der Waals surface area contributed by atoms with Crippen molar-refractivity contribution < 1.29 is 24.2 Å². The van der Waals surface area contributed by atoms with Crippen molar-refractivity contribution in [3.63, 3.8) is 0 Å². The summed E-state index contributed by atoms with van der Waals surface area (Å²) in [7, 11) is 0. The third kappa shape index (κ3) is 5.34. The summed E-state index contributed by atoms with van der Waals surface area (Å²) in [5.74, 6) is -2.30. The van der Waals surface area contributed by atoms with Crippen LogP contribution in [0.25, 0.3) is 10.8 Å². The minimum atomic E-state index is -0.846. The topological polar surface area (TPSA) is 108 Å². The van der Waals surface area contributed by atoms with Gasteiger partial charge < -0.3 is 14.7 Å². The average molecular weight is 435 g/mol. The van der Waals surface area contributed by atoms with E-state index >= 15 is 0 Å². The van der Waals surface area contributed by atoms with E-state index in [1.165, 1.54) is 12.1 Å². The van der Waals surface area contributed by atoms with E-state index < -0.39 is 24.4 Å². The smallest absolute Gasteiger partial charge is 0.342 e. The number of benzene rings is 3. The molecule has 0 heterocycles. The molecule has 8 nitrogen and oxygen atoms in total. The molecule has 0 bridgehead atoms. The molecule has 0 aliphatic rings. The molecular formula is C24H25N3O5. The van der Waals surface area contributed by atoms with Crippen molar-refractivity contribution in [2.45, 2.75) is 13.8 Å². The maximum atomic E-state index is 12.3. The minimum absolute atomic E-state index is 0.0474. The monoisotopic (exact) mass is 435 g/mol. The normalized spacial score (nSPS) is 10.4. The zero-order valence-corrected chi connectivity index (χ0v) is 17.9. The Morgan fingerprint density at radius 1 is 0.906 bits per heavy atom. The first-order valence-corrected chi connectivity index (χ1v) is 10.3. The number of hydrogen-bond donors (Lipinski definition) is 3. The Morgan fingerprint density at radius 2 is 1.53 bits per heavy atom. The molecule has 0 saturated carbocycles. The molecule has 3 aromatic rings. The number of ether oxygens (including phenoxy) is 1. The zero-order valence-electron chi connectivity index (χ0n) is 17.9. The van der Waals surface area contributed by atoms with Crippen molar-refractivity contribution in [3.05, 3.63) is 71.8 Å². The van der Waals surface area contributed by atoms with Gasteiger partial charge in [0.1, 0.15) is 11.3 Å². The summed E-state index contributed by atoms with van der Waals surface area (Å²) in [6, 6.07) is 17.2. The molecule has 0 aliphatic carbocycles. The van der Waals surface area contributed by atoms with Gasteiger partial charge in [-0.3, -0.25) is 20.4 Å². The van der Waals surface area contributed by atoms with Crippen LogP contribution in [0.1, 0.15) is 34.6 Å². The summed E-state index contributed by atoms with van der Waals surface area (Å²) in [5.41, 5.74) is 5.81. The van der Waals surface area contributed by atoms with E-state index in [2.05, 4.69) is 15.8 Å². The summed E-state index contributed by atoms with van der Waals surface area (Å²) in [6.07, 6.45) is 0. The van der Waals surface area contributed by atoms with Crippen LogP contribution in [0.4, 0.5) is 5.69 Å². The number of esters is 1. The maximum absolute atomic E-state index is 12.3. The number of amides is 2. The van der Waals surface area contributed by atoms with E-state index in [-0.39, 0.29) is 11.3 Å². The molecule has 0 fully saturated rings. The molecule has 0 atom stereocenters. The van der Waals surface area contributed by atoms with E-state index in [0.29, 0.717) is 5.56 Å². The van der Waals surface area contributed by atoms with Crippen molar-refractivity contribution in [3.8, 4) is 5.75 Å². The Labute approximate surface area is 185 Å². The first-order chi connectivity index (χ1) is 15.4. The van der Waals surface area contributed by atoms with Gasteiger partial charge in [0.05, 0.1) is 0 Å². The fraction of sp³-hybridized carbons (Fsp3) is 0.208. The van der Waals surface area contributed by atoms with Gasteiger partial charge >= 0.3 is 5.97 Å². The molecule has 0 spiro atoms. The molecular weight excluding hydrogens is 410 g/mol. The molecule has 8 heteroatoms. The number of phenolic OH excluding ortho intramolecular Hbond substituents is 1. The van der Waals surface area contributed by atoms with Gasteiger partial charge in [-0.1, -0.05) is 24.3 Å². The van der Waals surface area contributed by atoms with E-state index in [1.54, 1.807) is 24.3 Å². The quantitative estimate of drug-likeness (QED) is 0.389. The van der Waals surface area contributed by atoms with Crippen LogP contribution >= 0.6 is 0 Å². The maximum Gasteiger partial charge on any atom is 0.342 e. The molecule has 3 rings (SSSR count). The molecule has 2 amide bonds. The average Bonchev–Trinajstić information content (AvgIpc) is 2.81. The van der Waals surface area contributed by atoms with Crippen LogP contribution in [-0.2, 0) is 9.53 Å². The van der Waals surface area contributed by atoms with Crippen LogP contribution in [0.2, 0.25) is 0 Å². The lowest BCUT2D eigenvalue weighted by molar-refractivity contribution is -0.125. The SMILES string of the molecule is CCN(CC)c1ccc(C(=O)NNC(=O)COC(=O)c2cc3ccccc3cc2O)cc1. The van der Waals surface area contributed by atoms with Crippen LogP contribution in [-0.4, -0.2) is 42.6 Å². The zero-order chi connectivity index (χ0) is 23.1. The number of fused-ring (bicyclic) bond motifs is 1. The van der Waals surface area contributed by atoms with Crippen LogP contribution in [0.15, 0.2) is 60.7 Å². The fourth-order valence-electron chi connectivity index (χ4n) is 3.25. The second-order valence-corrected chi connectivity index (χ2v) is 7.01. The number of phenols is 1. The number of hydrogen-bond acceptors (Lipinski definition) is 6. The standard InChI is InChI=1S/C24H25N3O5/c1-3-27(4-2)19-11-9-16(10-12-19)23(30)26-25-22(29)15-32-24(31)20-13-17-7-5-6-8-18(17)14-21(20)28/h5-14,28H,3-4,15H2,1-2H3,(H,25,29)(H,26,30). The van der Waals surface area contributed by atoms with Gasteiger partial charge in [-0.25, -0.2) is 4.79 Å². The van der Waals surface area contributed by atoms with Crippen LogP contribution in [0, 0.1) is 0 Å². The first kappa shape index (κ1) is 22.6. The first-order valence-electron chi connectivity index (χ1n) is 10.3. The third-order valence-electron chi connectivity index (χ3n) is 4.99. The molecule has 3 N–H and O–H groups in total. The van der Waals surface area contributed by atoms with E-state index in [4.69, 9.17) is 4.74 Å². The highest BCUT2D eigenvalue weighted by Crippen LogP contribution is 2.25. The number of aromatic hydroxyl groups is 1. The van der Waals surface area contributed by atoms with Crippen LogP contribution in [0.3, 0.4) is 0 Å². The minimum Gasteiger partial charge on any atom is -0.507 e. The molecule has 3 aromatic carbocycles. The van der Waals surface area contributed by atoms with Crippen molar-refractivity contribution >= 4 is 34.2 Å². The van der Waals surface area contributed by atoms with Crippen LogP contribution < -0.4 is 15.8 Å². The van der Waals surface area contributed by atoms with E-state index in [1.807, 2.05) is 38.1 Å². The summed E-state index contributed by atoms with van der Waals surface area (Å²) >= 11 is 0. The lowest BCUT2D eigenvalue weighted by atomic mass is 10.1. The number of carbonyl (C=O) groups excluding carboxylic acids is 3. The number of nitrogens with one attached hydrogen (secondary N) is 2. The Balaban J connectivity index is 1.51. The fourth-order valence-corrected chi connectivity index (χ4v) is 3.25. The number of hydrazine groups is 1. The molecule has 0 aliphatic heterocycles. The number of carbonyl (C=O) groups is 3. The van der Waals surface area contributed by atoms with Gasteiger partial charge in [-0.05, 0) is 61.0 Å². The number of nitrogens with zero attached hydrogens (tertiary/aromatic N) is 1. The highest BCUT2D eigenvalue weighted by Gasteiger charge is 2.16. The second-order valence-electron chi connectivity index (χ2n) is 7.01. The highest BCUT2D eigenvalue weighted by molar-refractivity contribution is 5.99. The van der Waals surface area contributed by atoms with Crippen molar-refractivity contribution in [2.24, 2.45) is 0 Å². The molecule has 0 aromatic heterocycles.